The highest BCUT2D eigenvalue weighted by atomic mass is 16.3. The lowest BCUT2D eigenvalue weighted by atomic mass is 10.0. The van der Waals surface area contributed by atoms with Crippen LogP contribution in [0.2, 0.25) is 0 Å². The van der Waals surface area contributed by atoms with E-state index in [2.05, 4.69) is 48.9 Å². The first kappa shape index (κ1) is 17.5. The van der Waals surface area contributed by atoms with Gasteiger partial charge in [0.2, 0.25) is 0 Å². The summed E-state index contributed by atoms with van der Waals surface area (Å²) in [5.74, 6) is 0. The molecule has 0 heterocycles. The van der Waals surface area contributed by atoms with Crippen LogP contribution >= 0.6 is 0 Å². The molecule has 0 aliphatic carbocycles. The van der Waals surface area contributed by atoms with Crippen molar-refractivity contribution in [2.45, 2.75) is 38.8 Å². The molecule has 0 bridgehead atoms. The largest absolute Gasteiger partial charge is 0.396 e. The van der Waals surface area contributed by atoms with Crippen molar-refractivity contribution >= 4 is 6.03 Å². The van der Waals surface area contributed by atoms with Gasteiger partial charge in [0.25, 0.3) is 0 Å². The van der Waals surface area contributed by atoms with Crippen molar-refractivity contribution in [2.24, 2.45) is 0 Å². The van der Waals surface area contributed by atoms with Crippen LogP contribution in [0.1, 0.15) is 38.8 Å². The topological polar surface area (TPSA) is 73.4 Å². The van der Waals surface area contributed by atoms with E-state index in [1.165, 1.54) is 5.56 Å². The van der Waals surface area contributed by atoms with Crippen LogP contribution < -0.4 is 16.0 Å². The van der Waals surface area contributed by atoms with Crippen LogP contribution in [0.15, 0.2) is 30.3 Å². The summed E-state index contributed by atoms with van der Waals surface area (Å²) in [7, 11) is 0. The van der Waals surface area contributed by atoms with Gasteiger partial charge in [-0.3, -0.25) is 0 Å². The van der Waals surface area contributed by atoms with Gasteiger partial charge < -0.3 is 21.1 Å². The molecule has 1 rings (SSSR count). The maximum Gasteiger partial charge on any atom is 0.314 e. The number of aliphatic hydroxyl groups excluding tert-OH is 1. The normalized spacial score (nSPS) is 12.8. The molecule has 21 heavy (non-hydrogen) atoms. The molecule has 1 atom stereocenters. The summed E-state index contributed by atoms with van der Waals surface area (Å²) in [4.78, 5) is 11.6. The van der Waals surface area contributed by atoms with Crippen LogP contribution in [0.3, 0.4) is 0 Å². The average Bonchev–Trinajstić information content (AvgIpc) is 2.46. The van der Waals surface area contributed by atoms with E-state index in [0.717, 1.165) is 0 Å². The predicted molar refractivity (Wildman–Crippen MR) is 85.2 cm³/mol. The average molecular weight is 293 g/mol. The molecule has 4 N–H and O–H groups in total. The van der Waals surface area contributed by atoms with Gasteiger partial charge in [-0.05, 0) is 32.8 Å². The van der Waals surface area contributed by atoms with Gasteiger partial charge in [0.1, 0.15) is 0 Å². The lowest BCUT2D eigenvalue weighted by Crippen LogP contribution is -2.51. The van der Waals surface area contributed by atoms with Crippen LogP contribution in [-0.4, -0.2) is 36.4 Å². The molecule has 0 radical (unpaired) electrons. The van der Waals surface area contributed by atoms with Gasteiger partial charge in [-0.1, -0.05) is 30.3 Å². The monoisotopic (exact) mass is 293 g/mol. The van der Waals surface area contributed by atoms with E-state index in [1.807, 2.05) is 18.2 Å². The molecule has 2 amide bonds. The van der Waals surface area contributed by atoms with Crippen molar-refractivity contribution in [1.82, 2.24) is 16.0 Å². The molecule has 1 aromatic rings. The Morgan fingerprint density at radius 3 is 2.52 bits per heavy atom. The van der Waals surface area contributed by atoms with Crippen LogP contribution in [-0.2, 0) is 0 Å². The minimum absolute atomic E-state index is 0.0852. The number of rotatable bonds is 8. The molecule has 0 aliphatic heterocycles. The van der Waals surface area contributed by atoms with Gasteiger partial charge in [-0.25, -0.2) is 4.79 Å². The Labute approximate surface area is 127 Å². The standard InChI is InChI=1S/C16H27N3O2/c1-13(14-8-5-4-6-9-14)19-16(2,3)12-18-15(21)17-10-7-11-20/h4-6,8-9,13,19-20H,7,10-12H2,1-3H3,(H2,17,18,21). The summed E-state index contributed by atoms with van der Waals surface area (Å²) in [5.41, 5.74) is 1.00. The smallest absolute Gasteiger partial charge is 0.314 e. The lowest BCUT2D eigenvalue weighted by Gasteiger charge is -2.30. The minimum Gasteiger partial charge on any atom is -0.396 e. The SMILES string of the molecule is CC(NC(C)(C)CNC(=O)NCCCO)c1ccccc1. The second kappa shape index (κ2) is 8.64. The quantitative estimate of drug-likeness (QED) is 0.552. The van der Waals surface area contributed by atoms with E-state index in [1.54, 1.807) is 0 Å². The van der Waals surface area contributed by atoms with Crippen molar-refractivity contribution in [3.63, 3.8) is 0 Å². The van der Waals surface area contributed by atoms with Gasteiger partial charge in [-0.2, -0.15) is 0 Å². The van der Waals surface area contributed by atoms with E-state index in [4.69, 9.17) is 5.11 Å². The van der Waals surface area contributed by atoms with Crippen molar-refractivity contribution < 1.29 is 9.90 Å². The zero-order chi connectivity index (χ0) is 15.7. The first-order chi connectivity index (χ1) is 9.94. The minimum atomic E-state index is -0.219. The number of carbonyl (C=O) groups excluding carboxylic acids is 1. The molecule has 118 valence electrons. The van der Waals surface area contributed by atoms with Gasteiger partial charge in [-0.15, -0.1) is 0 Å². The van der Waals surface area contributed by atoms with Crippen molar-refractivity contribution in [3.8, 4) is 0 Å². The van der Waals surface area contributed by atoms with Crippen LogP contribution in [0.4, 0.5) is 4.79 Å². The van der Waals surface area contributed by atoms with Crippen molar-refractivity contribution in [1.29, 1.82) is 0 Å². The fraction of sp³-hybridized carbons (Fsp3) is 0.562. The van der Waals surface area contributed by atoms with Crippen LogP contribution in [0.5, 0.6) is 0 Å². The van der Waals surface area contributed by atoms with Gasteiger partial charge in [0.05, 0.1) is 0 Å². The Morgan fingerprint density at radius 1 is 1.24 bits per heavy atom. The molecule has 1 unspecified atom stereocenters. The number of nitrogens with one attached hydrogen (secondary N) is 3. The zero-order valence-corrected chi connectivity index (χ0v) is 13.1. The number of hydrogen-bond donors (Lipinski definition) is 4. The van der Waals surface area contributed by atoms with Crippen molar-refractivity contribution in [2.75, 3.05) is 19.7 Å². The summed E-state index contributed by atoms with van der Waals surface area (Å²) in [6, 6.07) is 10.2. The Hall–Kier alpha value is -1.59. The third-order valence-electron chi connectivity index (χ3n) is 3.22. The Balaban J connectivity index is 2.37. The Morgan fingerprint density at radius 2 is 1.90 bits per heavy atom. The zero-order valence-electron chi connectivity index (χ0n) is 13.1. The molecule has 5 heteroatoms. The highest BCUT2D eigenvalue weighted by Gasteiger charge is 2.21. The Kier molecular flexibility index (Phi) is 7.19. The highest BCUT2D eigenvalue weighted by molar-refractivity contribution is 5.73. The first-order valence-corrected chi connectivity index (χ1v) is 7.40. The number of carbonyl (C=O) groups is 1. The van der Waals surface area contributed by atoms with Gasteiger partial charge >= 0.3 is 6.03 Å². The molecule has 5 nitrogen and oxygen atoms in total. The molecule has 0 fully saturated rings. The van der Waals surface area contributed by atoms with E-state index >= 15 is 0 Å². The van der Waals surface area contributed by atoms with Crippen molar-refractivity contribution in [3.05, 3.63) is 35.9 Å². The van der Waals surface area contributed by atoms with E-state index in [9.17, 15) is 4.79 Å². The number of aliphatic hydroxyl groups is 1. The molecule has 0 spiro atoms. The number of hydrogen-bond acceptors (Lipinski definition) is 3. The summed E-state index contributed by atoms with van der Waals surface area (Å²) >= 11 is 0. The summed E-state index contributed by atoms with van der Waals surface area (Å²) in [5, 5.41) is 17.7. The third-order valence-corrected chi connectivity index (χ3v) is 3.22. The lowest BCUT2D eigenvalue weighted by molar-refractivity contribution is 0.232. The molecule has 0 saturated carbocycles. The number of urea groups is 1. The summed E-state index contributed by atoms with van der Waals surface area (Å²) < 4.78 is 0. The van der Waals surface area contributed by atoms with E-state index in [-0.39, 0.29) is 24.2 Å². The molecule has 0 aromatic heterocycles. The molecule has 0 aliphatic rings. The molecule has 1 aromatic carbocycles. The van der Waals surface area contributed by atoms with Gasteiger partial charge in [0.15, 0.2) is 0 Å². The van der Waals surface area contributed by atoms with E-state index < -0.39 is 0 Å². The third kappa shape index (κ3) is 7.11. The van der Waals surface area contributed by atoms with Crippen LogP contribution in [0, 0.1) is 0 Å². The molecule has 0 saturated heterocycles. The second-order valence-electron chi connectivity index (χ2n) is 5.85. The first-order valence-electron chi connectivity index (χ1n) is 7.40. The van der Waals surface area contributed by atoms with Gasteiger partial charge in [0, 0.05) is 31.3 Å². The molecular weight excluding hydrogens is 266 g/mol. The fourth-order valence-corrected chi connectivity index (χ4v) is 2.11. The summed E-state index contributed by atoms with van der Waals surface area (Å²) in [6.45, 7) is 7.31. The number of benzene rings is 1. The summed E-state index contributed by atoms with van der Waals surface area (Å²) in [6.07, 6.45) is 0.570. The fourth-order valence-electron chi connectivity index (χ4n) is 2.11. The molecular formula is C16H27N3O2. The van der Waals surface area contributed by atoms with Crippen LogP contribution in [0.25, 0.3) is 0 Å². The van der Waals surface area contributed by atoms with E-state index in [0.29, 0.717) is 19.5 Å². The highest BCUT2D eigenvalue weighted by Crippen LogP contribution is 2.15. The number of amides is 2. The Bertz CT molecular complexity index is 421. The maximum absolute atomic E-state index is 11.6. The second-order valence-corrected chi connectivity index (χ2v) is 5.85. The predicted octanol–water partition coefficient (Wildman–Crippen LogP) is 1.80. The maximum atomic E-state index is 11.6.